The Labute approximate surface area is 154 Å². The zero-order valence-electron chi connectivity index (χ0n) is 15.4. The number of ether oxygens (including phenoxy) is 2. The molecule has 4 rings (SSSR count). The van der Waals surface area contributed by atoms with Crippen LogP contribution in [0.5, 0.6) is 5.75 Å². The van der Waals surface area contributed by atoms with Crippen molar-refractivity contribution in [1.82, 2.24) is 4.90 Å². The number of nitrogens with zero attached hydrogens (tertiary/aromatic N) is 1. The molecule has 0 unspecified atom stereocenters. The highest BCUT2D eigenvalue weighted by Gasteiger charge is 2.50. The minimum absolute atomic E-state index is 0.0297. The van der Waals surface area contributed by atoms with Gasteiger partial charge in [0, 0.05) is 30.2 Å². The highest BCUT2D eigenvalue weighted by Crippen LogP contribution is 2.48. The zero-order valence-corrected chi connectivity index (χ0v) is 15.4. The number of piperidine rings is 1. The molecule has 0 spiro atoms. The van der Waals surface area contributed by atoms with Crippen LogP contribution < -0.4 is 0 Å². The van der Waals surface area contributed by atoms with Gasteiger partial charge in [-0.3, -0.25) is 4.79 Å². The molecule has 140 valence electrons. The van der Waals surface area contributed by atoms with Crippen molar-refractivity contribution in [3.8, 4) is 5.75 Å². The number of hydrogen-bond donors (Lipinski definition) is 1. The minimum atomic E-state index is -0.0827. The van der Waals surface area contributed by atoms with E-state index in [1.165, 1.54) is 5.57 Å². The lowest BCUT2D eigenvalue weighted by Gasteiger charge is -2.54. The van der Waals surface area contributed by atoms with E-state index in [4.69, 9.17) is 9.47 Å². The molecule has 2 saturated heterocycles. The molecular formula is C21H27NO4. The van der Waals surface area contributed by atoms with Gasteiger partial charge in [-0.05, 0) is 50.3 Å². The van der Waals surface area contributed by atoms with Gasteiger partial charge >= 0.3 is 0 Å². The van der Waals surface area contributed by atoms with Crippen LogP contribution in [0.3, 0.4) is 0 Å². The van der Waals surface area contributed by atoms with Crippen LogP contribution in [-0.4, -0.2) is 54.9 Å². The van der Waals surface area contributed by atoms with Crippen molar-refractivity contribution in [2.75, 3.05) is 33.0 Å². The maximum atomic E-state index is 13.4. The third-order valence-corrected chi connectivity index (χ3v) is 6.25. The summed E-state index contributed by atoms with van der Waals surface area (Å²) in [5, 5.41) is 9.86. The number of amides is 1. The smallest absolute Gasteiger partial charge is 0.254 e. The number of hydrogen-bond acceptors (Lipinski definition) is 4. The molecule has 2 atom stereocenters. The first-order chi connectivity index (χ1) is 12.6. The van der Waals surface area contributed by atoms with Gasteiger partial charge in [0.1, 0.15) is 5.75 Å². The van der Waals surface area contributed by atoms with Crippen LogP contribution in [0.1, 0.15) is 41.6 Å². The molecule has 0 bridgehead atoms. The van der Waals surface area contributed by atoms with Crippen molar-refractivity contribution in [2.24, 2.45) is 5.41 Å². The van der Waals surface area contributed by atoms with Crippen LogP contribution in [0.15, 0.2) is 29.8 Å². The Morgan fingerprint density at radius 3 is 3.00 bits per heavy atom. The van der Waals surface area contributed by atoms with Gasteiger partial charge in [0.15, 0.2) is 0 Å². The summed E-state index contributed by atoms with van der Waals surface area (Å²) in [5.41, 5.74) is 2.83. The number of fused-ring (bicyclic) bond motifs is 1. The normalized spacial score (nSPS) is 29.0. The van der Waals surface area contributed by atoms with Crippen LogP contribution in [0.25, 0.3) is 0 Å². The van der Waals surface area contributed by atoms with Gasteiger partial charge in [-0.1, -0.05) is 17.7 Å². The first-order valence-electron chi connectivity index (χ1n) is 9.57. The summed E-state index contributed by atoms with van der Waals surface area (Å²) >= 11 is 0. The molecule has 0 aromatic heterocycles. The van der Waals surface area contributed by atoms with Crippen LogP contribution in [0.2, 0.25) is 0 Å². The van der Waals surface area contributed by atoms with Crippen molar-refractivity contribution in [3.05, 3.63) is 41.0 Å². The van der Waals surface area contributed by atoms with E-state index in [-0.39, 0.29) is 23.1 Å². The fourth-order valence-electron chi connectivity index (χ4n) is 4.92. The van der Waals surface area contributed by atoms with E-state index in [1.54, 1.807) is 12.1 Å². The Morgan fingerprint density at radius 1 is 1.31 bits per heavy atom. The zero-order chi connectivity index (χ0) is 18.1. The van der Waals surface area contributed by atoms with Crippen molar-refractivity contribution < 1.29 is 19.4 Å². The predicted octanol–water partition coefficient (Wildman–Crippen LogP) is 3.06. The van der Waals surface area contributed by atoms with E-state index in [0.29, 0.717) is 25.4 Å². The van der Waals surface area contributed by atoms with E-state index in [2.05, 4.69) is 6.08 Å². The van der Waals surface area contributed by atoms with Crippen LogP contribution in [0, 0.1) is 12.3 Å². The number of phenolic OH excluding ortho intramolecular Hbond substituents is 1. The van der Waals surface area contributed by atoms with Crippen LogP contribution in [0.4, 0.5) is 0 Å². The Hall–Kier alpha value is -1.85. The first-order valence-corrected chi connectivity index (χ1v) is 9.57. The lowest BCUT2D eigenvalue weighted by molar-refractivity contribution is -0.0739. The monoisotopic (exact) mass is 357 g/mol. The Kier molecular flexibility index (Phi) is 4.76. The highest BCUT2D eigenvalue weighted by molar-refractivity contribution is 5.96. The summed E-state index contributed by atoms with van der Waals surface area (Å²) in [6, 6.07) is 5.20. The second-order valence-corrected chi connectivity index (χ2v) is 7.67. The van der Waals surface area contributed by atoms with Gasteiger partial charge in [0.25, 0.3) is 5.91 Å². The summed E-state index contributed by atoms with van der Waals surface area (Å²) in [6.07, 6.45) is 6.03. The Morgan fingerprint density at radius 2 is 2.19 bits per heavy atom. The largest absolute Gasteiger partial charge is 0.508 e. The number of carbonyl (C=O) groups excluding carboxylic acids is 1. The molecule has 1 aromatic carbocycles. The van der Waals surface area contributed by atoms with E-state index in [1.807, 2.05) is 17.9 Å². The molecule has 5 heteroatoms. The predicted molar refractivity (Wildman–Crippen MR) is 98.3 cm³/mol. The third kappa shape index (κ3) is 2.93. The first kappa shape index (κ1) is 17.6. The molecule has 5 nitrogen and oxygen atoms in total. The number of rotatable bonds is 2. The van der Waals surface area contributed by atoms with Gasteiger partial charge in [0.05, 0.1) is 19.8 Å². The van der Waals surface area contributed by atoms with E-state index in [9.17, 15) is 9.90 Å². The van der Waals surface area contributed by atoms with Crippen LogP contribution in [-0.2, 0) is 9.47 Å². The maximum absolute atomic E-state index is 13.4. The minimum Gasteiger partial charge on any atom is -0.508 e. The molecule has 1 amide bonds. The second kappa shape index (κ2) is 7.05. The standard InChI is InChI=1S/C21H27NO4/c1-15-3-4-17(23)13-18(15)20(24)22-9-2-8-21(14-26-12-7-19(21)22)16-5-10-25-11-6-16/h3-5,13,19,23H,2,6-12,14H2,1H3/t19-,21-/m0/s1. The second-order valence-electron chi connectivity index (χ2n) is 7.67. The van der Waals surface area contributed by atoms with Crippen LogP contribution >= 0.6 is 0 Å². The van der Waals surface area contributed by atoms with Crippen molar-refractivity contribution in [1.29, 1.82) is 0 Å². The van der Waals surface area contributed by atoms with Gasteiger partial charge < -0.3 is 19.5 Å². The van der Waals surface area contributed by atoms with Gasteiger partial charge in [-0.2, -0.15) is 0 Å². The maximum Gasteiger partial charge on any atom is 0.254 e. The molecule has 0 saturated carbocycles. The van der Waals surface area contributed by atoms with E-state index < -0.39 is 0 Å². The molecule has 3 aliphatic heterocycles. The molecule has 26 heavy (non-hydrogen) atoms. The summed E-state index contributed by atoms with van der Waals surface area (Å²) in [5.74, 6) is 0.170. The molecule has 3 aliphatic rings. The summed E-state index contributed by atoms with van der Waals surface area (Å²) in [4.78, 5) is 15.4. The topological polar surface area (TPSA) is 59.0 Å². The Bertz CT molecular complexity index is 725. The lowest BCUT2D eigenvalue weighted by atomic mass is 9.65. The highest BCUT2D eigenvalue weighted by atomic mass is 16.5. The molecule has 2 fully saturated rings. The molecule has 1 N–H and O–H groups in total. The SMILES string of the molecule is Cc1ccc(O)cc1C(=O)N1CCC[C@@]2(C3=CCOCC3)COCC[C@H]12. The van der Waals surface area contributed by atoms with Crippen molar-refractivity contribution >= 4 is 5.91 Å². The van der Waals surface area contributed by atoms with E-state index >= 15 is 0 Å². The van der Waals surface area contributed by atoms with Gasteiger partial charge in [0.2, 0.25) is 0 Å². The number of aryl methyl sites for hydroxylation is 1. The fourth-order valence-corrected chi connectivity index (χ4v) is 4.92. The number of carbonyl (C=O) groups is 1. The third-order valence-electron chi connectivity index (χ3n) is 6.25. The molecule has 0 aliphatic carbocycles. The van der Waals surface area contributed by atoms with Gasteiger partial charge in [-0.25, -0.2) is 0 Å². The number of likely N-dealkylation sites (tertiary alicyclic amines) is 1. The average molecular weight is 357 g/mol. The molecule has 0 radical (unpaired) electrons. The molecular weight excluding hydrogens is 330 g/mol. The summed E-state index contributed by atoms with van der Waals surface area (Å²) in [6.45, 7) is 5.48. The molecule has 1 aromatic rings. The number of phenols is 1. The number of aromatic hydroxyl groups is 1. The van der Waals surface area contributed by atoms with Crippen molar-refractivity contribution in [2.45, 2.75) is 38.6 Å². The Balaban J connectivity index is 1.69. The quantitative estimate of drug-likeness (QED) is 0.827. The summed E-state index contributed by atoms with van der Waals surface area (Å²) < 4.78 is 11.4. The number of benzene rings is 1. The summed E-state index contributed by atoms with van der Waals surface area (Å²) in [7, 11) is 0. The molecule has 3 heterocycles. The van der Waals surface area contributed by atoms with E-state index in [0.717, 1.165) is 44.4 Å². The lowest BCUT2D eigenvalue weighted by Crippen LogP contribution is -2.59. The fraction of sp³-hybridized carbons (Fsp3) is 0.571. The van der Waals surface area contributed by atoms with Crippen molar-refractivity contribution in [3.63, 3.8) is 0 Å². The average Bonchev–Trinajstić information content (AvgIpc) is 2.69. The van der Waals surface area contributed by atoms with Gasteiger partial charge in [-0.15, -0.1) is 0 Å².